The van der Waals surface area contributed by atoms with Crippen LogP contribution in [-0.2, 0) is 11.3 Å². The summed E-state index contributed by atoms with van der Waals surface area (Å²) in [6, 6.07) is 8.96. The van der Waals surface area contributed by atoms with Crippen molar-refractivity contribution in [3.63, 3.8) is 0 Å². The number of amides is 1. The normalized spacial score (nSPS) is 19.1. The predicted octanol–water partition coefficient (Wildman–Crippen LogP) is 2.29. The fourth-order valence-electron chi connectivity index (χ4n) is 3.14. The van der Waals surface area contributed by atoms with E-state index >= 15 is 0 Å². The summed E-state index contributed by atoms with van der Waals surface area (Å²) in [7, 11) is 0. The van der Waals surface area contributed by atoms with E-state index in [-0.39, 0.29) is 5.91 Å². The SMILES string of the molecule is Nc1ccc(CN(CC(=O)NC2CCCC2)C2CC2)cc1. The van der Waals surface area contributed by atoms with E-state index in [9.17, 15) is 4.79 Å². The van der Waals surface area contributed by atoms with Gasteiger partial charge in [0.15, 0.2) is 0 Å². The molecule has 1 amide bonds. The molecular formula is C17H25N3O. The van der Waals surface area contributed by atoms with Crippen molar-refractivity contribution in [2.24, 2.45) is 0 Å². The molecule has 1 aromatic rings. The highest BCUT2D eigenvalue weighted by molar-refractivity contribution is 5.78. The molecule has 1 aromatic carbocycles. The van der Waals surface area contributed by atoms with E-state index in [2.05, 4.69) is 22.3 Å². The Bertz CT molecular complexity index is 475. The number of rotatable bonds is 6. The van der Waals surface area contributed by atoms with Gasteiger partial charge in [0.05, 0.1) is 6.54 Å². The minimum Gasteiger partial charge on any atom is -0.399 e. The highest BCUT2D eigenvalue weighted by atomic mass is 16.2. The first-order chi connectivity index (χ1) is 10.2. The molecule has 114 valence electrons. The quantitative estimate of drug-likeness (QED) is 0.789. The summed E-state index contributed by atoms with van der Waals surface area (Å²) in [5.74, 6) is 0.184. The van der Waals surface area contributed by atoms with Crippen molar-refractivity contribution < 1.29 is 4.79 Å². The van der Waals surface area contributed by atoms with Crippen LogP contribution in [0.15, 0.2) is 24.3 Å². The second-order valence-corrected chi connectivity index (χ2v) is 6.43. The zero-order chi connectivity index (χ0) is 14.7. The van der Waals surface area contributed by atoms with Crippen LogP contribution >= 0.6 is 0 Å². The van der Waals surface area contributed by atoms with Gasteiger partial charge in [0.2, 0.25) is 5.91 Å². The maximum absolute atomic E-state index is 12.2. The van der Waals surface area contributed by atoms with E-state index in [0.717, 1.165) is 25.1 Å². The van der Waals surface area contributed by atoms with Crippen LogP contribution in [0.3, 0.4) is 0 Å². The van der Waals surface area contributed by atoms with Crippen molar-refractivity contribution >= 4 is 11.6 Å². The summed E-state index contributed by atoms with van der Waals surface area (Å²) in [4.78, 5) is 14.5. The summed E-state index contributed by atoms with van der Waals surface area (Å²) >= 11 is 0. The van der Waals surface area contributed by atoms with Crippen LogP contribution in [0.5, 0.6) is 0 Å². The minimum absolute atomic E-state index is 0.184. The van der Waals surface area contributed by atoms with Gasteiger partial charge in [-0.1, -0.05) is 25.0 Å². The highest BCUT2D eigenvalue weighted by Crippen LogP contribution is 2.28. The number of nitrogens with zero attached hydrogens (tertiary/aromatic N) is 1. The first kappa shape index (κ1) is 14.4. The zero-order valence-corrected chi connectivity index (χ0v) is 12.6. The lowest BCUT2D eigenvalue weighted by molar-refractivity contribution is -0.123. The van der Waals surface area contributed by atoms with Crippen LogP contribution in [0.2, 0.25) is 0 Å². The maximum Gasteiger partial charge on any atom is 0.234 e. The summed E-state index contributed by atoms with van der Waals surface area (Å²) in [5.41, 5.74) is 7.74. The fourth-order valence-corrected chi connectivity index (χ4v) is 3.14. The number of hydrogen-bond donors (Lipinski definition) is 2. The molecular weight excluding hydrogens is 262 g/mol. The molecule has 0 aromatic heterocycles. The van der Waals surface area contributed by atoms with Gasteiger partial charge in [0, 0.05) is 24.3 Å². The van der Waals surface area contributed by atoms with Crippen LogP contribution in [-0.4, -0.2) is 29.4 Å². The molecule has 0 unspecified atom stereocenters. The van der Waals surface area contributed by atoms with Crippen LogP contribution < -0.4 is 11.1 Å². The highest BCUT2D eigenvalue weighted by Gasteiger charge is 2.30. The molecule has 0 saturated heterocycles. The van der Waals surface area contributed by atoms with Gasteiger partial charge < -0.3 is 11.1 Å². The van der Waals surface area contributed by atoms with Crippen molar-refractivity contribution in [2.45, 2.75) is 57.2 Å². The van der Waals surface area contributed by atoms with Gasteiger partial charge in [-0.15, -0.1) is 0 Å². The third-order valence-corrected chi connectivity index (χ3v) is 4.50. The molecule has 4 heteroatoms. The minimum atomic E-state index is 0.184. The van der Waals surface area contributed by atoms with Gasteiger partial charge in [0.1, 0.15) is 0 Å². The van der Waals surface area contributed by atoms with Crippen LogP contribution in [0.4, 0.5) is 5.69 Å². The molecule has 2 fully saturated rings. The molecule has 4 nitrogen and oxygen atoms in total. The Hall–Kier alpha value is -1.55. The van der Waals surface area contributed by atoms with Gasteiger partial charge in [0.25, 0.3) is 0 Å². The summed E-state index contributed by atoms with van der Waals surface area (Å²) in [6.45, 7) is 1.36. The largest absolute Gasteiger partial charge is 0.399 e. The Morgan fingerprint density at radius 1 is 1.14 bits per heavy atom. The molecule has 0 heterocycles. The van der Waals surface area contributed by atoms with Crippen molar-refractivity contribution in [2.75, 3.05) is 12.3 Å². The molecule has 21 heavy (non-hydrogen) atoms. The molecule has 0 aliphatic heterocycles. The molecule has 2 aliphatic carbocycles. The summed E-state index contributed by atoms with van der Waals surface area (Å²) in [5, 5.41) is 3.19. The van der Waals surface area contributed by atoms with E-state index < -0.39 is 0 Å². The Kier molecular flexibility index (Phi) is 4.44. The second-order valence-electron chi connectivity index (χ2n) is 6.43. The first-order valence-electron chi connectivity index (χ1n) is 8.08. The van der Waals surface area contributed by atoms with Gasteiger partial charge in [-0.3, -0.25) is 9.69 Å². The average molecular weight is 287 g/mol. The van der Waals surface area contributed by atoms with Crippen LogP contribution in [0.25, 0.3) is 0 Å². The van der Waals surface area contributed by atoms with Crippen LogP contribution in [0, 0.1) is 0 Å². The van der Waals surface area contributed by atoms with E-state index in [1.165, 1.54) is 31.2 Å². The van der Waals surface area contributed by atoms with E-state index in [0.29, 0.717) is 18.6 Å². The Morgan fingerprint density at radius 3 is 2.43 bits per heavy atom. The number of benzene rings is 1. The number of carbonyl (C=O) groups excluding carboxylic acids is 1. The molecule has 2 saturated carbocycles. The number of carbonyl (C=O) groups is 1. The number of nitrogen functional groups attached to an aromatic ring is 1. The van der Waals surface area contributed by atoms with Gasteiger partial charge in [-0.05, 0) is 43.4 Å². The van der Waals surface area contributed by atoms with Crippen molar-refractivity contribution in [1.82, 2.24) is 10.2 Å². The molecule has 0 atom stereocenters. The predicted molar refractivity (Wildman–Crippen MR) is 84.7 cm³/mol. The Morgan fingerprint density at radius 2 is 1.81 bits per heavy atom. The van der Waals surface area contributed by atoms with Crippen molar-refractivity contribution in [1.29, 1.82) is 0 Å². The monoisotopic (exact) mass is 287 g/mol. The molecule has 0 radical (unpaired) electrons. The maximum atomic E-state index is 12.2. The van der Waals surface area contributed by atoms with Gasteiger partial charge in [-0.2, -0.15) is 0 Å². The summed E-state index contributed by atoms with van der Waals surface area (Å²) < 4.78 is 0. The third-order valence-electron chi connectivity index (χ3n) is 4.50. The Labute approximate surface area is 126 Å². The number of anilines is 1. The smallest absolute Gasteiger partial charge is 0.234 e. The lowest BCUT2D eigenvalue weighted by Crippen LogP contribution is -2.41. The molecule has 0 bridgehead atoms. The van der Waals surface area contributed by atoms with Crippen molar-refractivity contribution in [3.05, 3.63) is 29.8 Å². The standard InChI is InChI=1S/C17H25N3O/c18-14-7-5-13(6-8-14)11-20(16-9-10-16)12-17(21)19-15-3-1-2-4-15/h5-8,15-16H,1-4,9-12,18H2,(H,19,21). The number of hydrogen-bond acceptors (Lipinski definition) is 3. The number of nitrogens with two attached hydrogens (primary N) is 1. The third kappa shape index (κ3) is 4.21. The van der Waals surface area contributed by atoms with Gasteiger partial charge >= 0.3 is 0 Å². The van der Waals surface area contributed by atoms with Crippen LogP contribution in [0.1, 0.15) is 44.1 Å². The van der Waals surface area contributed by atoms with E-state index in [1.807, 2.05) is 12.1 Å². The average Bonchev–Trinajstić information content (AvgIpc) is 3.19. The Balaban J connectivity index is 1.54. The molecule has 3 N–H and O–H groups in total. The van der Waals surface area contributed by atoms with Crippen molar-refractivity contribution in [3.8, 4) is 0 Å². The number of nitrogens with one attached hydrogen (secondary N) is 1. The molecule has 3 rings (SSSR count). The van der Waals surface area contributed by atoms with E-state index in [4.69, 9.17) is 5.73 Å². The lowest BCUT2D eigenvalue weighted by Gasteiger charge is -2.23. The topological polar surface area (TPSA) is 58.4 Å². The fraction of sp³-hybridized carbons (Fsp3) is 0.588. The molecule has 0 spiro atoms. The van der Waals surface area contributed by atoms with Gasteiger partial charge in [-0.25, -0.2) is 0 Å². The van der Waals surface area contributed by atoms with E-state index in [1.54, 1.807) is 0 Å². The first-order valence-corrected chi connectivity index (χ1v) is 8.08. The second kappa shape index (κ2) is 6.48. The zero-order valence-electron chi connectivity index (χ0n) is 12.6. The molecule has 2 aliphatic rings. The lowest BCUT2D eigenvalue weighted by atomic mass is 10.2. The summed E-state index contributed by atoms with van der Waals surface area (Å²) in [6.07, 6.45) is 7.23.